The van der Waals surface area contributed by atoms with E-state index in [9.17, 15) is 0 Å². The molecule has 1 aliphatic heterocycles. The fourth-order valence-electron chi connectivity index (χ4n) is 1.64. The molecular formula is C6H12N+. The quantitative estimate of drug-likeness (QED) is 0.429. The molecule has 0 aromatic heterocycles. The molecule has 0 radical (unpaired) electrons. The predicted octanol–water partition coefficient (Wildman–Crippen LogP) is -0.266. The number of hydrogen-bond donors (Lipinski definition) is 1. The fraction of sp³-hybridized carbons (Fsp3) is 1.00. The van der Waals surface area contributed by atoms with Crippen molar-refractivity contribution in [2.24, 2.45) is 5.41 Å². The van der Waals surface area contributed by atoms with Crippen LogP contribution in [0.1, 0.15) is 19.3 Å². The van der Waals surface area contributed by atoms with Crippen LogP contribution in [-0.4, -0.2) is 13.1 Å². The van der Waals surface area contributed by atoms with Crippen molar-refractivity contribution in [1.29, 1.82) is 0 Å². The first kappa shape index (κ1) is 3.90. The van der Waals surface area contributed by atoms with E-state index in [2.05, 4.69) is 5.32 Å². The lowest BCUT2D eigenvalue weighted by atomic mass is 9.65. The van der Waals surface area contributed by atoms with Crippen molar-refractivity contribution < 1.29 is 5.32 Å². The molecule has 2 aliphatic rings. The van der Waals surface area contributed by atoms with E-state index in [0.717, 1.165) is 5.41 Å². The minimum atomic E-state index is 0.889. The summed E-state index contributed by atoms with van der Waals surface area (Å²) < 4.78 is 0. The van der Waals surface area contributed by atoms with Crippen LogP contribution >= 0.6 is 0 Å². The van der Waals surface area contributed by atoms with Crippen molar-refractivity contribution in [2.75, 3.05) is 13.1 Å². The Balaban J connectivity index is 2.00. The molecule has 1 aliphatic carbocycles. The summed E-state index contributed by atoms with van der Waals surface area (Å²) in [5.41, 5.74) is 0.889. The molecule has 1 heterocycles. The second-order valence-corrected chi connectivity index (χ2v) is 3.05. The smallest absolute Gasteiger partial charge is 0.0867 e. The van der Waals surface area contributed by atoms with Crippen molar-refractivity contribution in [3.8, 4) is 0 Å². The van der Waals surface area contributed by atoms with E-state index >= 15 is 0 Å². The standard InChI is InChI=1S/C6H11N/c1-2-6(3-1)4-7-5-6/h7H,1-5H2/p+1. The maximum Gasteiger partial charge on any atom is 0.0867 e. The topological polar surface area (TPSA) is 16.6 Å². The highest BCUT2D eigenvalue weighted by molar-refractivity contribution is 4.89. The Bertz CT molecular complexity index is 64.7. The highest BCUT2D eigenvalue weighted by Gasteiger charge is 2.46. The summed E-state index contributed by atoms with van der Waals surface area (Å²) in [5, 5.41) is 2.42. The molecule has 2 fully saturated rings. The lowest BCUT2D eigenvalue weighted by molar-refractivity contribution is -0.747. The van der Waals surface area contributed by atoms with E-state index in [4.69, 9.17) is 0 Å². The van der Waals surface area contributed by atoms with Gasteiger partial charge < -0.3 is 5.32 Å². The average Bonchev–Trinajstić information content (AvgIpc) is 1.20. The second-order valence-electron chi connectivity index (χ2n) is 3.05. The van der Waals surface area contributed by atoms with Crippen LogP contribution in [0, 0.1) is 5.41 Å². The van der Waals surface area contributed by atoms with Crippen LogP contribution in [0.5, 0.6) is 0 Å². The van der Waals surface area contributed by atoms with E-state index in [1.165, 1.54) is 32.4 Å². The first-order valence-corrected chi connectivity index (χ1v) is 3.23. The molecule has 2 N–H and O–H groups in total. The number of quaternary nitrogens is 1. The molecule has 0 aromatic rings. The van der Waals surface area contributed by atoms with Gasteiger partial charge in [0.15, 0.2) is 0 Å². The molecule has 1 nitrogen and oxygen atoms in total. The Morgan fingerprint density at radius 2 is 1.86 bits per heavy atom. The number of rotatable bonds is 0. The van der Waals surface area contributed by atoms with Gasteiger partial charge in [0.05, 0.1) is 18.5 Å². The molecular weight excluding hydrogens is 86.1 g/mol. The molecule has 2 rings (SSSR count). The van der Waals surface area contributed by atoms with Gasteiger partial charge in [-0.3, -0.25) is 0 Å². The maximum atomic E-state index is 2.42. The van der Waals surface area contributed by atoms with Gasteiger partial charge in [0.1, 0.15) is 0 Å². The summed E-state index contributed by atoms with van der Waals surface area (Å²) in [6.45, 7) is 2.88. The lowest BCUT2D eigenvalue weighted by Crippen LogP contribution is -3.00. The lowest BCUT2D eigenvalue weighted by Gasteiger charge is -2.45. The van der Waals surface area contributed by atoms with E-state index in [-0.39, 0.29) is 0 Å². The Morgan fingerprint density at radius 1 is 1.14 bits per heavy atom. The minimum absolute atomic E-state index is 0.889. The molecule has 40 valence electrons. The van der Waals surface area contributed by atoms with Gasteiger partial charge in [0.25, 0.3) is 0 Å². The van der Waals surface area contributed by atoms with Crippen molar-refractivity contribution in [2.45, 2.75) is 19.3 Å². The zero-order valence-electron chi connectivity index (χ0n) is 4.61. The predicted molar refractivity (Wildman–Crippen MR) is 27.9 cm³/mol. The van der Waals surface area contributed by atoms with Gasteiger partial charge in [-0.1, -0.05) is 6.42 Å². The normalized spacial score (nSPS) is 34.3. The van der Waals surface area contributed by atoms with Crippen molar-refractivity contribution >= 4 is 0 Å². The minimum Gasteiger partial charge on any atom is -0.345 e. The highest BCUT2D eigenvalue weighted by atomic mass is 15.0. The summed E-state index contributed by atoms with van der Waals surface area (Å²) in [5.74, 6) is 0. The van der Waals surface area contributed by atoms with Crippen molar-refractivity contribution in [3.63, 3.8) is 0 Å². The Morgan fingerprint density at radius 3 is 1.86 bits per heavy atom. The molecule has 0 unspecified atom stereocenters. The highest BCUT2D eigenvalue weighted by Crippen LogP contribution is 2.40. The summed E-state index contributed by atoms with van der Waals surface area (Å²) >= 11 is 0. The molecule has 0 amide bonds. The third-order valence-corrected chi connectivity index (χ3v) is 2.57. The van der Waals surface area contributed by atoms with Crippen LogP contribution in [0.2, 0.25) is 0 Å². The monoisotopic (exact) mass is 98.1 g/mol. The van der Waals surface area contributed by atoms with Crippen LogP contribution in [0.25, 0.3) is 0 Å². The van der Waals surface area contributed by atoms with Crippen molar-refractivity contribution in [3.05, 3.63) is 0 Å². The van der Waals surface area contributed by atoms with Gasteiger partial charge in [-0.25, -0.2) is 0 Å². The van der Waals surface area contributed by atoms with E-state index in [1.807, 2.05) is 0 Å². The van der Waals surface area contributed by atoms with Gasteiger partial charge in [-0.05, 0) is 12.8 Å². The molecule has 0 atom stereocenters. The Labute approximate surface area is 44.1 Å². The summed E-state index contributed by atoms with van der Waals surface area (Å²) in [4.78, 5) is 0. The van der Waals surface area contributed by atoms with Gasteiger partial charge >= 0.3 is 0 Å². The molecule has 1 saturated carbocycles. The van der Waals surface area contributed by atoms with Crippen LogP contribution in [0.3, 0.4) is 0 Å². The molecule has 1 saturated heterocycles. The van der Waals surface area contributed by atoms with Gasteiger partial charge in [-0.15, -0.1) is 0 Å². The maximum absolute atomic E-state index is 2.42. The zero-order chi connectivity index (χ0) is 4.74. The Kier molecular flexibility index (Phi) is 0.571. The summed E-state index contributed by atoms with van der Waals surface area (Å²) in [7, 11) is 0. The van der Waals surface area contributed by atoms with Gasteiger partial charge in [0, 0.05) is 0 Å². The van der Waals surface area contributed by atoms with Crippen molar-refractivity contribution in [1.82, 2.24) is 0 Å². The molecule has 7 heavy (non-hydrogen) atoms. The van der Waals surface area contributed by atoms with Gasteiger partial charge in [-0.2, -0.15) is 0 Å². The largest absolute Gasteiger partial charge is 0.345 e. The molecule has 1 heteroatoms. The third kappa shape index (κ3) is 0.367. The summed E-state index contributed by atoms with van der Waals surface area (Å²) in [6, 6.07) is 0. The van der Waals surface area contributed by atoms with E-state index in [1.54, 1.807) is 0 Å². The zero-order valence-corrected chi connectivity index (χ0v) is 4.61. The van der Waals surface area contributed by atoms with Crippen LogP contribution in [0.4, 0.5) is 0 Å². The van der Waals surface area contributed by atoms with Crippen LogP contribution in [0.15, 0.2) is 0 Å². The summed E-state index contributed by atoms with van der Waals surface area (Å²) in [6.07, 6.45) is 4.57. The molecule has 0 aromatic carbocycles. The molecule has 0 bridgehead atoms. The van der Waals surface area contributed by atoms with Crippen LogP contribution in [-0.2, 0) is 0 Å². The second kappa shape index (κ2) is 1.03. The van der Waals surface area contributed by atoms with E-state index in [0.29, 0.717) is 0 Å². The third-order valence-electron chi connectivity index (χ3n) is 2.57. The Hall–Kier alpha value is -0.0400. The average molecular weight is 98.2 g/mol. The number of hydrogen-bond acceptors (Lipinski definition) is 0. The number of nitrogens with two attached hydrogens (primary N) is 1. The fourth-order valence-corrected chi connectivity index (χ4v) is 1.64. The van der Waals surface area contributed by atoms with Gasteiger partial charge in [0.2, 0.25) is 0 Å². The molecule has 1 spiro atoms. The van der Waals surface area contributed by atoms with Crippen LogP contribution < -0.4 is 5.32 Å². The van der Waals surface area contributed by atoms with E-state index < -0.39 is 0 Å². The SMILES string of the molecule is C1CC2(C1)C[NH2+]C2. The first-order valence-electron chi connectivity index (χ1n) is 3.23. The first-order chi connectivity index (χ1) is 3.41.